The van der Waals surface area contributed by atoms with Crippen LogP contribution in [0, 0.1) is 29.2 Å². The highest BCUT2D eigenvalue weighted by molar-refractivity contribution is 5.74. The first-order valence-corrected chi connectivity index (χ1v) is 15.8. The summed E-state index contributed by atoms with van der Waals surface area (Å²) < 4.78 is 60.2. The smallest absolute Gasteiger partial charge is 0.167 e. The highest BCUT2D eigenvalue weighted by atomic mass is 19.2. The third-order valence-electron chi connectivity index (χ3n) is 8.64. The molecule has 3 aromatic rings. The number of unbranched alkanes of at least 4 members (excludes halogenated alkanes) is 6. The van der Waals surface area contributed by atoms with Crippen LogP contribution < -0.4 is 0 Å². The van der Waals surface area contributed by atoms with Crippen LogP contribution in [0.3, 0.4) is 0 Å². The number of halogens is 4. The van der Waals surface area contributed by atoms with Crippen LogP contribution in [-0.4, -0.2) is 0 Å². The molecule has 0 amide bonds. The first-order chi connectivity index (χ1) is 20.4. The molecule has 0 saturated carbocycles. The Hall–Kier alpha value is -3.14. The van der Waals surface area contributed by atoms with Crippen LogP contribution in [0.4, 0.5) is 17.6 Å². The standard InChI is InChI=1S/C38H44F4/c1-3-5-7-9-10-11-13-27-15-17-28(18-16-27)33-25-26-34(38(42)37(33)41)30-21-19-29(20-22-30)32-24-23-31(35(39)36(32)40)14-12-8-6-4-2/h4,6,17,19-27H,3,5,7-16,18H2,1-2H3/b6-4-. The van der Waals surface area contributed by atoms with Crippen molar-refractivity contribution in [2.45, 2.75) is 97.3 Å². The first-order valence-electron chi connectivity index (χ1n) is 15.8. The average molecular weight is 577 g/mol. The van der Waals surface area contributed by atoms with Gasteiger partial charge in [-0.25, -0.2) is 17.6 Å². The molecule has 0 radical (unpaired) electrons. The van der Waals surface area contributed by atoms with Gasteiger partial charge in [0.2, 0.25) is 0 Å². The summed E-state index contributed by atoms with van der Waals surface area (Å²) in [4.78, 5) is 0. The van der Waals surface area contributed by atoms with E-state index in [1.807, 2.05) is 19.1 Å². The molecule has 224 valence electrons. The molecule has 0 aromatic heterocycles. The maximum atomic E-state index is 15.3. The van der Waals surface area contributed by atoms with Crippen LogP contribution in [0.2, 0.25) is 0 Å². The summed E-state index contributed by atoms with van der Waals surface area (Å²) in [6, 6.07) is 13.0. The lowest BCUT2D eigenvalue weighted by Gasteiger charge is -2.23. The van der Waals surface area contributed by atoms with Gasteiger partial charge in [-0.15, -0.1) is 0 Å². The highest BCUT2D eigenvalue weighted by Crippen LogP contribution is 2.37. The summed E-state index contributed by atoms with van der Waals surface area (Å²) in [7, 11) is 0. The van der Waals surface area contributed by atoms with Crippen molar-refractivity contribution >= 4 is 5.57 Å². The summed E-state index contributed by atoms with van der Waals surface area (Å²) >= 11 is 0. The zero-order valence-corrected chi connectivity index (χ0v) is 25.1. The number of hydrogen-bond acceptors (Lipinski definition) is 0. The molecule has 0 nitrogen and oxygen atoms in total. The molecular weight excluding hydrogens is 532 g/mol. The van der Waals surface area contributed by atoms with Gasteiger partial charge in [-0.1, -0.05) is 119 Å². The Morgan fingerprint density at radius 2 is 1.29 bits per heavy atom. The van der Waals surface area contributed by atoms with Gasteiger partial charge in [-0.3, -0.25) is 0 Å². The van der Waals surface area contributed by atoms with Gasteiger partial charge in [0.15, 0.2) is 23.3 Å². The van der Waals surface area contributed by atoms with Gasteiger partial charge in [0.05, 0.1) is 0 Å². The van der Waals surface area contributed by atoms with Crippen molar-refractivity contribution in [3.05, 3.63) is 101 Å². The summed E-state index contributed by atoms with van der Waals surface area (Å²) in [5.74, 6) is -2.79. The minimum atomic E-state index is -0.886. The molecule has 0 bridgehead atoms. The van der Waals surface area contributed by atoms with Gasteiger partial charge in [0.25, 0.3) is 0 Å². The van der Waals surface area contributed by atoms with E-state index in [-0.39, 0.29) is 11.1 Å². The molecule has 4 heteroatoms. The fraction of sp³-hybridized carbons (Fsp3) is 0.421. The number of aryl methyl sites for hydroxylation is 1. The molecule has 0 aliphatic heterocycles. The Bertz CT molecular complexity index is 1370. The second-order valence-corrected chi connectivity index (χ2v) is 11.7. The Kier molecular flexibility index (Phi) is 12.0. The van der Waals surface area contributed by atoms with E-state index >= 15 is 8.78 Å². The van der Waals surface area contributed by atoms with E-state index in [0.717, 1.165) is 37.7 Å². The predicted molar refractivity (Wildman–Crippen MR) is 168 cm³/mol. The summed E-state index contributed by atoms with van der Waals surface area (Å²) in [6.07, 6.45) is 19.7. The molecule has 0 N–H and O–H groups in total. The van der Waals surface area contributed by atoms with Crippen molar-refractivity contribution in [1.82, 2.24) is 0 Å². The van der Waals surface area contributed by atoms with E-state index in [1.54, 1.807) is 48.5 Å². The number of benzene rings is 3. The lowest BCUT2D eigenvalue weighted by molar-refractivity contribution is 0.422. The minimum absolute atomic E-state index is 0.150. The quantitative estimate of drug-likeness (QED) is 0.102. The van der Waals surface area contributed by atoms with E-state index in [1.165, 1.54) is 44.9 Å². The summed E-state index contributed by atoms with van der Waals surface area (Å²) in [6.45, 7) is 4.16. The number of allylic oxidation sites excluding steroid dienone is 4. The molecule has 0 heterocycles. The second-order valence-electron chi connectivity index (χ2n) is 11.7. The third-order valence-corrected chi connectivity index (χ3v) is 8.64. The third kappa shape index (κ3) is 8.02. The van der Waals surface area contributed by atoms with Crippen molar-refractivity contribution in [2.24, 2.45) is 5.92 Å². The van der Waals surface area contributed by atoms with Crippen LogP contribution in [-0.2, 0) is 6.42 Å². The largest absolute Gasteiger partial charge is 0.203 e. The Morgan fingerprint density at radius 1 is 0.690 bits per heavy atom. The Morgan fingerprint density at radius 3 is 1.93 bits per heavy atom. The minimum Gasteiger partial charge on any atom is -0.203 e. The van der Waals surface area contributed by atoms with Gasteiger partial charge < -0.3 is 0 Å². The van der Waals surface area contributed by atoms with Gasteiger partial charge in [0, 0.05) is 16.7 Å². The molecule has 1 unspecified atom stereocenters. The van der Waals surface area contributed by atoms with E-state index in [4.69, 9.17) is 0 Å². The predicted octanol–water partition coefficient (Wildman–Crippen LogP) is 12.4. The van der Waals surface area contributed by atoms with Crippen molar-refractivity contribution in [2.75, 3.05) is 0 Å². The second kappa shape index (κ2) is 15.9. The van der Waals surface area contributed by atoms with E-state index < -0.39 is 23.3 Å². The first kappa shape index (κ1) is 31.8. The fourth-order valence-electron chi connectivity index (χ4n) is 6.04. The average Bonchev–Trinajstić information content (AvgIpc) is 3.01. The highest BCUT2D eigenvalue weighted by Gasteiger charge is 2.21. The van der Waals surface area contributed by atoms with E-state index in [9.17, 15) is 8.78 Å². The van der Waals surface area contributed by atoms with Gasteiger partial charge in [-0.05, 0) is 73.6 Å². The monoisotopic (exact) mass is 576 g/mol. The maximum Gasteiger partial charge on any atom is 0.167 e. The van der Waals surface area contributed by atoms with Crippen LogP contribution in [0.25, 0.3) is 27.8 Å². The van der Waals surface area contributed by atoms with Crippen molar-refractivity contribution in [3.8, 4) is 22.3 Å². The van der Waals surface area contributed by atoms with Crippen LogP contribution in [0.5, 0.6) is 0 Å². The lowest BCUT2D eigenvalue weighted by Crippen LogP contribution is -2.07. The SMILES string of the molecule is C/C=C\CCCc1ccc(-c2ccc(-c3ccc(C4=CCC(CCCCCCCC)CC4)c(F)c3F)cc2)c(F)c1F. The van der Waals surface area contributed by atoms with Gasteiger partial charge >= 0.3 is 0 Å². The zero-order chi connectivity index (χ0) is 29.9. The fourth-order valence-corrected chi connectivity index (χ4v) is 6.04. The molecule has 4 rings (SSSR count). The molecule has 1 aliphatic rings. The molecule has 0 saturated heterocycles. The number of rotatable bonds is 14. The Balaban J connectivity index is 1.41. The summed E-state index contributed by atoms with van der Waals surface area (Å²) in [5.41, 5.74) is 2.86. The zero-order valence-electron chi connectivity index (χ0n) is 25.1. The van der Waals surface area contributed by atoms with E-state index in [0.29, 0.717) is 34.6 Å². The van der Waals surface area contributed by atoms with Gasteiger partial charge in [0.1, 0.15) is 0 Å². The topological polar surface area (TPSA) is 0 Å². The van der Waals surface area contributed by atoms with Crippen molar-refractivity contribution in [3.63, 3.8) is 0 Å². The van der Waals surface area contributed by atoms with Crippen molar-refractivity contribution in [1.29, 1.82) is 0 Å². The van der Waals surface area contributed by atoms with Gasteiger partial charge in [-0.2, -0.15) is 0 Å². The Labute approximate surface area is 249 Å². The van der Waals surface area contributed by atoms with E-state index in [2.05, 4.69) is 13.0 Å². The molecule has 1 atom stereocenters. The molecule has 3 aromatic carbocycles. The lowest BCUT2D eigenvalue weighted by atomic mass is 9.83. The molecule has 42 heavy (non-hydrogen) atoms. The summed E-state index contributed by atoms with van der Waals surface area (Å²) in [5, 5.41) is 0. The number of hydrogen-bond donors (Lipinski definition) is 0. The maximum absolute atomic E-state index is 15.3. The van der Waals surface area contributed by atoms with Crippen LogP contribution >= 0.6 is 0 Å². The van der Waals surface area contributed by atoms with Crippen LogP contribution in [0.1, 0.15) is 102 Å². The molecule has 0 spiro atoms. The molecule has 1 aliphatic carbocycles. The molecule has 0 fully saturated rings. The normalized spacial score (nSPS) is 15.4. The van der Waals surface area contributed by atoms with Crippen molar-refractivity contribution < 1.29 is 17.6 Å². The molecular formula is C38H44F4. The van der Waals surface area contributed by atoms with Crippen LogP contribution in [0.15, 0.2) is 66.8 Å².